The molecule has 2 aromatic heterocycles. The summed E-state index contributed by atoms with van der Waals surface area (Å²) in [6, 6.07) is 0. The number of nitrogens with zero attached hydrogens (tertiary/aromatic N) is 5. The van der Waals surface area contributed by atoms with Crippen molar-refractivity contribution >= 4 is 11.5 Å². The van der Waals surface area contributed by atoms with Crippen LogP contribution in [0.25, 0.3) is 5.65 Å². The molecule has 0 bridgehead atoms. The summed E-state index contributed by atoms with van der Waals surface area (Å²) in [5.41, 5.74) is 0.801. The summed E-state index contributed by atoms with van der Waals surface area (Å²) in [6.07, 6.45) is 7.31. The van der Waals surface area contributed by atoms with Gasteiger partial charge in [-0.15, -0.1) is 10.2 Å². The highest BCUT2D eigenvalue weighted by Gasteiger charge is 2.21. The van der Waals surface area contributed by atoms with E-state index in [-0.39, 0.29) is 6.61 Å². The van der Waals surface area contributed by atoms with Crippen LogP contribution in [0.5, 0.6) is 0 Å². The Labute approximate surface area is 98.9 Å². The van der Waals surface area contributed by atoms with Gasteiger partial charge in [0.25, 0.3) is 0 Å². The first-order valence-corrected chi connectivity index (χ1v) is 5.88. The third-order valence-corrected chi connectivity index (χ3v) is 3.37. The molecule has 0 unspecified atom stereocenters. The highest BCUT2D eigenvalue weighted by atomic mass is 16.3. The van der Waals surface area contributed by atoms with Crippen molar-refractivity contribution < 1.29 is 5.11 Å². The standard InChI is InChI=1S/C11H15N5O/c17-7-9-1-4-15(5-2-9)10-11-14-13-8-16(11)6-3-12-10/h3,6,8-9,17H,1-2,4-5,7H2. The Kier molecular flexibility index (Phi) is 2.64. The summed E-state index contributed by atoms with van der Waals surface area (Å²) in [6.45, 7) is 2.13. The Morgan fingerprint density at radius 3 is 2.94 bits per heavy atom. The van der Waals surface area contributed by atoms with E-state index in [1.54, 1.807) is 12.5 Å². The highest BCUT2D eigenvalue weighted by Crippen LogP contribution is 2.23. The number of piperidine rings is 1. The minimum atomic E-state index is 0.288. The number of aliphatic hydroxyl groups is 1. The van der Waals surface area contributed by atoms with Gasteiger partial charge in [-0.3, -0.25) is 4.40 Å². The number of hydrogen-bond donors (Lipinski definition) is 1. The number of aromatic nitrogens is 4. The molecule has 1 N–H and O–H groups in total. The zero-order valence-electron chi connectivity index (χ0n) is 9.53. The molecule has 0 aromatic carbocycles. The average Bonchev–Trinajstić information content (AvgIpc) is 2.87. The molecule has 17 heavy (non-hydrogen) atoms. The molecule has 3 heterocycles. The van der Waals surface area contributed by atoms with Crippen LogP contribution < -0.4 is 4.90 Å². The third kappa shape index (κ3) is 1.84. The van der Waals surface area contributed by atoms with Crippen molar-refractivity contribution in [3.05, 3.63) is 18.7 Å². The topological polar surface area (TPSA) is 66.5 Å². The quantitative estimate of drug-likeness (QED) is 0.810. The van der Waals surface area contributed by atoms with Crippen molar-refractivity contribution in [1.29, 1.82) is 0 Å². The molecular formula is C11H15N5O. The maximum atomic E-state index is 9.13. The van der Waals surface area contributed by atoms with E-state index >= 15 is 0 Å². The molecule has 0 aliphatic carbocycles. The molecule has 6 heteroatoms. The molecule has 0 atom stereocenters. The van der Waals surface area contributed by atoms with Gasteiger partial charge in [-0.1, -0.05) is 0 Å². The van der Waals surface area contributed by atoms with E-state index in [2.05, 4.69) is 20.1 Å². The van der Waals surface area contributed by atoms with Crippen LogP contribution in [0.1, 0.15) is 12.8 Å². The van der Waals surface area contributed by atoms with Gasteiger partial charge in [-0.05, 0) is 18.8 Å². The van der Waals surface area contributed by atoms with Crippen molar-refractivity contribution in [3.8, 4) is 0 Å². The fourth-order valence-corrected chi connectivity index (χ4v) is 2.30. The van der Waals surface area contributed by atoms with Gasteiger partial charge in [0.1, 0.15) is 6.33 Å². The van der Waals surface area contributed by atoms with E-state index < -0.39 is 0 Å². The SMILES string of the molecule is OCC1CCN(c2nccn3cnnc23)CC1. The molecule has 90 valence electrons. The summed E-state index contributed by atoms with van der Waals surface area (Å²) >= 11 is 0. The first-order chi connectivity index (χ1) is 8.38. The molecule has 6 nitrogen and oxygen atoms in total. The van der Waals surface area contributed by atoms with Gasteiger partial charge in [0.05, 0.1) is 0 Å². The Hall–Kier alpha value is -1.69. The van der Waals surface area contributed by atoms with Crippen molar-refractivity contribution in [2.75, 3.05) is 24.6 Å². The second-order valence-corrected chi connectivity index (χ2v) is 4.43. The number of hydrogen-bond acceptors (Lipinski definition) is 5. The smallest absolute Gasteiger partial charge is 0.203 e. The summed E-state index contributed by atoms with van der Waals surface area (Å²) < 4.78 is 1.88. The monoisotopic (exact) mass is 233 g/mol. The fourth-order valence-electron chi connectivity index (χ4n) is 2.30. The van der Waals surface area contributed by atoms with Gasteiger partial charge < -0.3 is 10.0 Å². The summed E-state index contributed by atoms with van der Waals surface area (Å²) in [5.74, 6) is 1.32. The minimum Gasteiger partial charge on any atom is -0.396 e. The number of fused-ring (bicyclic) bond motifs is 1. The van der Waals surface area contributed by atoms with Crippen LogP contribution in [-0.4, -0.2) is 44.4 Å². The van der Waals surface area contributed by atoms with Gasteiger partial charge in [0.15, 0.2) is 5.82 Å². The Morgan fingerprint density at radius 2 is 2.18 bits per heavy atom. The lowest BCUT2D eigenvalue weighted by molar-refractivity contribution is 0.203. The Balaban J connectivity index is 1.87. The fraction of sp³-hybridized carbons (Fsp3) is 0.545. The van der Waals surface area contributed by atoms with Crippen LogP contribution in [0.3, 0.4) is 0 Å². The number of rotatable bonds is 2. The minimum absolute atomic E-state index is 0.288. The van der Waals surface area contributed by atoms with Gasteiger partial charge in [0.2, 0.25) is 5.65 Å². The van der Waals surface area contributed by atoms with Crippen LogP contribution in [0.15, 0.2) is 18.7 Å². The molecule has 1 aliphatic rings. The summed E-state index contributed by atoms with van der Waals surface area (Å²) in [4.78, 5) is 6.61. The predicted octanol–water partition coefficient (Wildman–Crippen LogP) is 0.333. The van der Waals surface area contributed by atoms with Gasteiger partial charge in [-0.25, -0.2) is 4.98 Å². The van der Waals surface area contributed by atoms with Crippen molar-refractivity contribution in [1.82, 2.24) is 19.6 Å². The molecule has 0 saturated carbocycles. The first-order valence-electron chi connectivity index (χ1n) is 5.88. The van der Waals surface area contributed by atoms with Crippen molar-refractivity contribution in [2.45, 2.75) is 12.8 Å². The van der Waals surface area contributed by atoms with E-state index in [1.165, 1.54) is 0 Å². The molecule has 3 rings (SSSR count). The van der Waals surface area contributed by atoms with E-state index in [0.29, 0.717) is 5.92 Å². The van der Waals surface area contributed by atoms with Crippen LogP contribution >= 0.6 is 0 Å². The van der Waals surface area contributed by atoms with Gasteiger partial charge in [0, 0.05) is 32.1 Å². The van der Waals surface area contributed by atoms with E-state index in [0.717, 1.165) is 37.4 Å². The second-order valence-electron chi connectivity index (χ2n) is 4.43. The predicted molar refractivity (Wildman–Crippen MR) is 62.8 cm³/mol. The molecule has 0 radical (unpaired) electrons. The number of anilines is 1. The molecule has 1 saturated heterocycles. The second kappa shape index (κ2) is 4.29. The molecule has 1 aliphatic heterocycles. The van der Waals surface area contributed by atoms with Gasteiger partial charge >= 0.3 is 0 Å². The van der Waals surface area contributed by atoms with Crippen LogP contribution in [0.4, 0.5) is 5.82 Å². The lowest BCUT2D eigenvalue weighted by Gasteiger charge is -2.31. The maximum absolute atomic E-state index is 9.13. The summed E-state index contributed by atoms with van der Waals surface area (Å²) in [5, 5.41) is 17.1. The van der Waals surface area contributed by atoms with Crippen LogP contribution in [-0.2, 0) is 0 Å². The van der Waals surface area contributed by atoms with Crippen molar-refractivity contribution in [2.24, 2.45) is 5.92 Å². The third-order valence-electron chi connectivity index (χ3n) is 3.37. The van der Waals surface area contributed by atoms with Gasteiger partial charge in [-0.2, -0.15) is 0 Å². The van der Waals surface area contributed by atoms with E-state index in [1.807, 2.05) is 10.6 Å². The molecule has 0 amide bonds. The Morgan fingerprint density at radius 1 is 1.35 bits per heavy atom. The molecule has 0 spiro atoms. The maximum Gasteiger partial charge on any atom is 0.203 e. The molecular weight excluding hydrogens is 218 g/mol. The van der Waals surface area contributed by atoms with E-state index in [9.17, 15) is 0 Å². The zero-order chi connectivity index (χ0) is 11.7. The normalized spacial score (nSPS) is 17.8. The van der Waals surface area contributed by atoms with E-state index in [4.69, 9.17) is 5.11 Å². The Bertz CT molecular complexity index is 503. The first kappa shape index (κ1) is 10.5. The van der Waals surface area contributed by atoms with Crippen molar-refractivity contribution in [3.63, 3.8) is 0 Å². The lowest BCUT2D eigenvalue weighted by atomic mass is 9.98. The zero-order valence-corrected chi connectivity index (χ0v) is 9.53. The largest absolute Gasteiger partial charge is 0.396 e. The highest BCUT2D eigenvalue weighted by molar-refractivity contribution is 5.63. The van der Waals surface area contributed by atoms with Crippen LogP contribution in [0, 0.1) is 5.92 Å². The molecule has 1 fully saturated rings. The average molecular weight is 233 g/mol. The van der Waals surface area contributed by atoms with Crippen LogP contribution in [0.2, 0.25) is 0 Å². The number of aliphatic hydroxyl groups excluding tert-OH is 1. The molecule has 2 aromatic rings. The summed E-state index contributed by atoms with van der Waals surface area (Å²) in [7, 11) is 0. The lowest BCUT2D eigenvalue weighted by Crippen LogP contribution is -2.35.